The van der Waals surface area contributed by atoms with Crippen molar-refractivity contribution in [3.63, 3.8) is 0 Å². The zero-order valence-electron chi connectivity index (χ0n) is 13.9. The van der Waals surface area contributed by atoms with E-state index < -0.39 is 0 Å². The van der Waals surface area contributed by atoms with E-state index in [0.29, 0.717) is 5.56 Å². The molecule has 1 amide bonds. The van der Waals surface area contributed by atoms with Gasteiger partial charge >= 0.3 is 0 Å². The molecule has 0 radical (unpaired) electrons. The minimum Gasteiger partial charge on any atom is -0.373 e. The fourth-order valence-corrected chi connectivity index (χ4v) is 2.17. The summed E-state index contributed by atoms with van der Waals surface area (Å²) in [4.78, 5) is 20.9. The van der Waals surface area contributed by atoms with Gasteiger partial charge in [0.2, 0.25) is 0 Å². The van der Waals surface area contributed by atoms with Crippen LogP contribution in [0.4, 0.5) is 5.82 Å². The molecule has 0 saturated heterocycles. The Morgan fingerprint density at radius 2 is 1.95 bits per heavy atom. The summed E-state index contributed by atoms with van der Waals surface area (Å²) in [6.07, 6.45) is 2.88. The number of hydrogen-bond acceptors (Lipinski definition) is 4. The third-order valence-electron chi connectivity index (χ3n) is 3.33. The van der Waals surface area contributed by atoms with E-state index in [1.54, 1.807) is 4.90 Å². The van der Waals surface area contributed by atoms with Gasteiger partial charge in [-0.2, -0.15) is 0 Å². The third-order valence-corrected chi connectivity index (χ3v) is 3.33. The summed E-state index contributed by atoms with van der Waals surface area (Å²) < 4.78 is 0. The maximum Gasteiger partial charge on any atom is 0.253 e. The Labute approximate surface area is 128 Å². The first-order valence-electron chi connectivity index (χ1n) is 7.56. The maximum atomic E-state index is 12.5. The van der Waals surface area contributed by atoms with Gasteiger partial charge < -0.3 is 15.1 Å². The maximum absolute atomic E-state index is 12.5. The fraction of sp³-hybridized carbons (Fsp3) is 0.625. The summed E-state index contributed by atoms with van der Waals surface area (Å²) in [5.41, 5.74) is 1.68. The van der Waals surface area contributed by atoms with Crippen LogP contribution >= 0.6 is 0 Å². The first kappa shape index (κ1) is 17.4. The number of pyridine rings is 1. The van der Waals surface area contributed by atoms with Gasteiger partial charge in [-0.25, -0.2) is 4.98 Å². The first-order valence-corrected chi connectivity index (χ1v) is 7.56. The molecule has 5 nitrogen and oxygen atoms in total. The highest BCUT2D eigenvalue weighted by atomic mass is 16.2. The van der Waals surface area contributed by atoms with Gasteiger partial charge in [-0.05, 0) is 45.6 Å². The molecule has 0 aromatic carbocycles. The molecule has 1 aromatic heterocycles. The van der Waals surface area contributed by atoms with Crippen LogP contribution in [-0.4, -0.2) is 62.0 Å². The van der Waals surface area contributed by atoms with E-state index in [0.717, 1.165) is 43.9 Å². The summed E-state index contributed by atoms with van der Waals surface area (Å²) in [7, 11) is 7.77. The third kappa shape index (κ3) is 5.71. The number of amides is 1. The molecule has 0 aliphatic rings. The summed E-state index contributed by atoms with van der Waals surface area (Å²) in [5, 5.41) is 3.03. The number of anilines is 1. The van der Waals surface area contributed by atoms with Crippen molar-refractivity contribution in [2.75, 3.05) is 46.6 Å². The Balaban J connectivity index is 2.77. The van der Waals surface area contributed by atoms with Gasteiger partial charge in [-0.15, -0.1) is 0 Å². The van der Waals surface area contributed by atoms with Gasteiger partial charge in [0.15, 0.2) is 0 Å². The van der Waals surface area contributed by atoms with Crippen LogP contribution in [0.25, 0.3) is 0 Å². The predicted molar refractivity (Wildman–Crippen MR) is 87.9 cm³/mol. The Hall–Kier alpha value is -1.62. The van der Waals surface area contributed by atoms with Crippen LogP contribution in [0, 0.1) is 0 Å². The molecular formula is C16H28N4O. The zero-order valence-corrected chi connectivity index (χ0v) is 13.9. The number of nitrogens with one attached hydrogen (secondary N) is 1. The summed E-state index contributed by atoms with van der Waals surface area (Å²) in [6.45, 7) is 3.86. The van der Waals surface area contributed by atoms with Crippen LogP contribution in [0.3, 0.4) is 0 Å². The van der Waals surface area contributed by atoms with Gasteiger partial charge in [0.1, 0.15) is 5.82 Å². The quantitative estimate of drug-likeness (QED) is 0.797. The SMILES string of the molecule is CCCc1cc(C(=O)N(C)CCCN(C)C)cc(NC)n1. The van der Waals surface area contributed by atoms with Crippen molar-refractivity contribution in [1.82, 2.24) is 14.8 Å². The molecule has 5 heteroatoms. The molecule has 1 aromatic rings. The molecule has 0 bridgehead atoms. The van der Waals surface area contributed by atoms with E-state index in [9.17, 15) is 4.79 Å². The number of carbonyl (C=O) groups is 1. The van der Waals surface area contributed by atoms with Crippen LogP contribution in [0.15, 0.2) is 12.1 Å². The highest BCUT2D eigenvalue weighted by Gasteiger charge is 2.14. The van der Waals surface area contributed by atoms with Crippen molar-refractivity contribution in [3.8, 4) is 0 Å². The molecule has 0 fully saturated rings. The van der Waals surface area contributed by atoms with Crippen LogP contribution in [-0.2, 0) is 6.42 Å². The molecule has 0 saturated carbocycles. The van der Waals surface area contributed by atoms with E-state index in [-0.39, 0.29) is 5.91 Å². The number of carbonyl (C=O) groups excluding carboxylic acids is 1. The second-order valence-corrected chi connectivity index (χ2v) is 5.62. The largest absolute Gasteiger partial charge is 0.373 e. The average Bonchev–Trinajstić information content (AvgIpc) is 2.45. The summed E-state index contributed by atoms with van der Waals surface area (Å²) in [5.74, 6) is 0.816. The molecule has 0 spiro atoms. The summed E-state index contributed by atoms with van der Waals surface area (Å²) in [6, 6.07) is 3.74. The Morgan fingerprint density at radius 3 is 2.52 bits per heavy atom. The number of nitrogens with zero attached hydrogens (tertiary/aromatic N) is 3. The van der Waals surface area contributed by atoms with Crippen LogP contribution < -0.4 is 5.32 Å². The number of aryl methyl sites for hydroxylation is 1. The Bertz CT molecular complexity index is 460. The number of hydrogen-bond donors (Lipinski definition) is 1. The minimum atomic E-state index is 0.0602. The van der Waals surface area contributed by atoms with E-state index in [1.165, 1.54) is 0 Å². The molecule has 1 N–H and O–H groups in total. The number of aromatic nitrogens is 1. The molecule has 21 heavy (non-hydrogen) atoms. The minimum absolute atomic E-state index is 0.0602. The highest BCUT2D eigenvalue weighted by Crippen LogP contribution is 2.13. The Kier molecular flexibility index (Phi) is 7.15. The van der Waals surface area contributed by atoms with E-state index in [1.807, 2.05) is 40.3 Å². The molecule has 1 heterocycles. The second-order valence-electron chi connectivity index (χ2n) is 5.62. The van der Waals surface area contributed by atoms with E-state index >= 15 is 0 Å². The van der Waals surface area contributed by atoms with Gasteiger partial charge in [0.25, 0.3) is 5.91 Å². The standard InChI is InChI=1S/C16H28N4O/c1-6-8-14-11-13(12-15(17-2)18-14)16(21)20(5)10-7-9-19(3)4/h11-12H,6-10H2,1-5H3,(H,17,18). The highest BCUT2D eigenvalue weighted by molar-refractivity contribution is 5.94. The van der Waals surface area contributed by atoms with Crippen molar-refractivity contribution in [2.24, 2.45) is 0 Å². The van der Waals surface area contributed by atoms with Crippen molar-refractivity contribution < 1.29 is 4.79 Å². The number of rotatable bonds is 8. The molecule has 0 aliphatic heterocycles. The molecule has 0 aliphatic carbocycles. The van der Waals surface area contributed by atoms with Crippen molar-refractivity contribution in [1.29, 1.82) is 0 Å². The Morgan fingerprint density at radius 1 is 1.24 bits per heavy atom. The lowest BCUT2D eigenvalue weighted by Crippen LogP contribution is -2.30. The van der Waals surface area contributed by atoms with Crippen molar-refractivity contribution in [3.05, 3.63) is 23.4 Å². The smallest absolute Gasteiger partial charge is 0.253 e. The fourth-order valence-electron chi connectivity index (χ4n) is 2.17. The normalized spacial score (nSPS) is 10.8. The molecular weight excluding hydrogens is 264 g/mol. The second kappa shape index (κ2) is 8.62. The van der Waals surface area contributed by atoms with Gasteiger partial charge in [0, 0.05) is 31.9 Å². The van der Waals surface area contributed by atoms with Crippen LogP contribution in [0.2, 0.25) is 0 Å². The first-order chi connectivity index (χ1) is 9.97. The average molecular weight is 292 g/mol. The molecule has 1 rings (SSSR count). The van der Waals surface area contributed by atoms with E-state index in [2.05, 4.69) is 22.1 Å². The molecule has 118 valence electrons. The van der Waals surface area contributed by atoms with Gasteiger partial charge in [0.05, 0.1) is 0 Å². The van der Waals surface area contributed by atoms with Gasteiger partial charge in [-0.1, -0.05) is 13.3 Å². The van der Waals surface area contributed by atoms with Crippen LogP contribution in [0.1, 0.15) is 35.8 Å². The van der Waals surface area contributed by atoms with Crippen LogP contribution in [0.5, 0.6) is 0 Å². The van der Waals surface area contributed by atoms with Crippen molar-refractivity contribution >= 4 is 11.7 Å². The molecule has 0 atom stereocenters. The lowest BCUT2D eigenvalue weighted by Gasteiger charge is -2.19. The topological polar surface area (TPSA) is 48.5 Å². The van der Waals surface area contributed by atoms with E-state index in [4.69, 9.17) is 0 Å². The lowest BCUT2D eigenvalue weighted by molar-refractivity contribution is 0.0790. The zero-order chi connectivity index (χ0) is 15.8. The summed E-state index contributed by atoms with van der Waals surface area (Å²) >= 11 is 0. The lowest BCUT2D eigenvalue weighted by atomic mass is 10.1. The van der Waals surface area contributed by atoms with Gasteiger partial charge in [-0.3, -0.25) is 4.79 Å². The monoisotopic (exact) mass is 292 g/mol. The predicted octanol–water partition coefficient (Wildman–Crippen LogP) is 2.10. The van der Waals surface area contributed by atoms with Crippen molar-refractivity contribution in [2.45, 2.75) is 26.2 Å². The molecule has 0 unspecified atom stereocenters.